The molecular formula is C20H22N6. The zero-order valence-electron chi connectivity index (χ0n) is 15.1. The number of anilines is 2. The van der Waals surface area contributed by atoms with Gasteiger partial charge in [-0.2, -0.15) is 0 Å². The molecule has 0 bridgehead atoms. The molecule has 4 aromatic rings. The van der Waals surface area contributed by atoms with Gasteiger partial charge >= 0.3 is 0 Å². The lowest BCUT2D eigenvalue weighted by Crippen LogP contribution is -2.46. The van der Waals surface area contributed by atoms with Gasteiger partial charge in [-0.05, 0) is 50.2 Å². The summed E-state index contributed by atoms with van der Waals surface area (Å²) in [4.78, 5) is 20.6. The highest BCUT2D eigenvalue weighted by molar-refractivity contribution is 5.81. The van der Waals surface area contributed by atoms with Crippen LogP contribution >= 0.6 is 0 Å². The van der Waals surface area contributed by atoms with Crippen molar-refractivity contribution in [3.63, 3.8) is 0 Å². The van der Waals surface area contributed by atoms with Gasteiger partial charge in [-0.25, -0.2) is 9.97 Å². The number of hydrogen-bond acceptors (Lipinski definition) is 4. The Morgan fingerprint density at radius 3 is 1.54 bits per heavy atom. The summed E-state index contributed by atoms with van der Waals surface area (Å²) in [7, 11) is 0. The van der Waals surface area contributed by atoms with E-state index in [1.807, 2.05) is 13.8 Å². The summed E-state index contributed by atoms with van der Waals surface area (Å²) in [6, 6.07) is 13.0. The lowest BCUT2D eigenvalue weighted by Gasteiger charge is -2.37. The minimum atomic E-state index is 0.964. The molecule has 0 saturated carbocycles. The highest BCUT2D eigenvalue weighted by Gasteiger charge is 2.18. The van der Waals surface area contributed by atoms with Crippen LogP contribution in [-0.2, 0) is 0 Å². The zero-order valence-corrected chi connectivity index (χ0v) is 15.1. The lowest BCUT2D eigenvalue weighted by molar-refractivity contribution is 0.654. The first-order valence-corrected chi connectivity index (χ1v) is 9.08. The summed E-state index contributed by atoms with van der Waals surface area (Å²) in [5.41, 5.74) is 6.80. The van der Waals surface area contributed by atoms with Crippen molar-refractivity contribution in [1.29, 1.82) is 0 Å². The van der Waals surface area contributed by atoms with Crippen molar-refractivity contribution in [1.82, 2.24) is 19.9 Å². The Kier molecular flexibility index (Phi) is 3.38. The fourth-order valence-corrected chi connectivity index (χ4v) is 3.86. The van der Waals surface area contributed by atoms with Gasteiger partial charge in [0.1, 0.15) is 11.6 Å². The third-order valence-corrected chi connectivity index (χ3v) is 5.18. The summed E-state index contributed by atoms with van der Waals surface area (Å²) >= 11 is 0. The molecule has 3 heterocycles. The lowest BCUT2D eigenvalue weighted by atomic mass is 10.2. The van der Waals surface area contributed by atoms with Gasteiger partial charge in [-0.15, -0.1) is 0 Å². The molecule has 6 nitrogen and oxygen atoms in total. The Morgan fingerprint density at radius 2 is 1.12 bits per heavy atom. The van der Waals surface area contributed by atoms with Crippen molar-refractivity contribution in [3.05, 3.63) is 48.0 Å². The van der Waals surface area contributed by atoms with Gasteiger partial charge in [-0.1, -0.05) is 0 Å². The van der Waals surface area contributed by atoms with Gasteiger partial charge < -0.3 is 19.8 Å². The molecule has 0 spiro atoms. The first-order valence-electron chi connectivity index (χ1n) is 9.08. The molecule has 0 unspecified atom stereocenters. The Morgan fingerprint density at radius 1 is 0.692 bits per heavy atom. The Labute approximate surface area is 151 Å². The molecule has 26 heavy (non-hydrogen) atoms. The second kappa shape index (κ2) is 5.76. The molecule has 0 atom stereocenters. The predicted molar refractivity (Wildman–Crippen MR) is 106 cm³/mol. The van der Waals surface area contributed by atoms with Crippen molar-refractivity contribution in [2.75, 3.05) is 36.0 Å². The highest BCUT2D eigenvalue weighted by atomic mass is 15.3. The SMILES string of the molecule is Cc1nc2cc(N3CCN(c4ccc5[nH]c(C)nc5c4)CC3)ccc2[nH]1. The molecule has 132 valence electrons. The van der Waals surface area contributed by atoms with Crippen molar-refractivity contribution >= 4 is 33.4 Å². The number of rotatable bonds is 2. The topological polar surface area (TPSA) is 63.8 Å². The monoisotopic (exact) mass is 346 g/mol. The zero-order chi connectivity index (χ0) is 17.7. The Balaban J connectivity index is 1.34. The third kappa shape index (κ3) is 2.58. The average molecular weight is 346 g/mol. The van der Waals surface area contributed by atoms with Crippen LogP contribution in [0.5, 0.6) is 0 Å². The van der Waals surface area contributed by atoms with Crippen LogP contribution in [0.3, 0.4) is 0 Å². The predicted octanol–water partition coefficient (Wildman–Crippen LogP) is 3.38. The standard InChI is InChI=1S/C20H22N6/c1-13-21-17-5-3-15(11-19(17)23-13)25-7-9-26(10-8-25)16-4-6-18-20(12-16)24-14(2)22-18/h3-6,11-12H,7-10H2,1-2H3,(H,21,23)(H,22,24). The normalized spacial score (nSPS) is 15.3. The summed E-state index contributed by atoms with van der Waals surface area (Å²) < 4.78 is 0. The molecule has 0 radical (unpaired) electrons. The van der Waals surface area contributed by atoms with E-state index in [4.69, 9.17) is 0 Å². The molecule has 2 aromatic heterocycles. The first-order chi connectivity index (χ1) is 12.7. The molecule has 1 aliphatic heterocycles. The molecule has 6 heteroatoms. The minimum Gasteiger partial charge on any atom is -0.368 e. The number of aromatic nitrogens is 4. The number of aryl methyl sites for hydroxylation is 2. The smallest absolute Gasteiger partial charge is 0.104 e. The van der Waals surface area contributed by atoms with Gasteiger partial charge in [0.25, 0.3) is 0 Å². The number of nitrogens with zero attached hydrogens (tertiary/aromatic N) is 4. The number of benzene rings is 2. The summed E-state index contributed by atoms with van der Waals surface area (Å²) in [5.74, 6) is 1.93. The van der Waals surface area contributed by atoms with Crippen molar-refractivity contribution in [2.45, 2.75) is 13.8 Å². The van der Waals surface area contributed by atoms with Gasteiger partial charge in [0.2, 0.25) is 0 Å². The molecule has 0 aliphatic carbocycles. The maximum atomic E-state index is 4.56. The van der Waals surface area contributed by atoms with Gasteiger partial charge in [0.15, 0.2) is 0 Å². The Hall–Kier alpha value is -3.02. The molecule has 1 aliphatic rings. The third-order valence-electron chi connectivity index (χ3n) is 5.18. The molecule has 2 aromatic carbocycles. The number of piperazine rings is 1. The number of aromatic amines is 2. The molecule has 0 amide bonds. The van der Waals surface area contributed by atoms with E-state index in [2.05, 4.69) is 66.1 Å². The highest BCUT2D eigenvalue weighted by Crippen LogP contribution is 2.25. The maximum Gasteiger partial charge on any atom is 0.104 e. The number of hydrogen-bond donors (Lipinski definition) is 2. The van der Waals surface area contributed by atoms with Gasteiger partial charge in [-0.3, -0.25) is 0 Å². The van der Waals surface area contributed by atoms with E-state index >= 15 is 0 Å². The number of imidazole rings is 2. The summed E-state index contributed by atoms with van der Waals surface area (Å²) in [5, 5.41) is 0. The van der Waals surface area contributed by atoms with Gasteiger partial charge in [0, 0.05) is 37.6 Å². The molecule has 1 fully saturated rings. The minimum absolute atomic E-state index is 0.964. The molecule has 1 saturated heterocycles. The van der Waals surface area contributed by atoms with Crippen LogP contribution in [-0.4, -0.2) is 46.1 Å². The van der Waals surface area contributed by atoms with E-state index in [0.29, 0.717) is 0 Å². The molecular weight excluding hydrogens is 324 g/mol. The van der Waals surface area contributed by atoms with E-state index in [-0.39, 0.29) is 0 Å². The van der Waals surface area contributed by atoms with E-state index in [1.165, 1.54) is 11.4 Å². The van der Waals surface area contributed by atoms with Crippen LogP contribution in [0.25, 0.3) is 22.1 Å². The van der Waals surface area contributed by atoms with Crippen LogP contribution in [0.4, 0.5) is 11.4 Å². The van der Waals surface area contributed by atoms with E-state index in [1.54, 1.807) is 0 Å². The van der Waals surface area contributed by atoms with Crippen LogP contribution < -0.4 is 9.80 Å². The second-order valence-electron chi connectivity index (χ2n) is 7.02. The first kappa shape index (κ1) is 15.3. The van der Waals surface area contributed by atoms with Crippen LogP contribution in [0, 0.1) is 13.8 Å². The van der Waals surface area contributed by atoms with E-state index in [9.17, 15) is 0 Å². The van der Waals surface area contributed by atoms with Crippen molar-refractivity contribution in [3.8, 4) is 0 Å². The van der Waals surface area contributed by atoms with Crippen LogP contribution in [0.2, 0.25) is 0 Å². The van der Waals surface area contributed by atoms with Crippen molar-refractivity contribution in [2.24, 2.45) is 0 Å². The van der Waals surface area contributed by atoms with Gasteiger partial charge in [0.05, 0.1) is 22.1 Å². The van der Waals surface area contributed by atoms with Crippen LogP contribution in [0.15, 0.2) is 36.4 Å². The largest absolute Gasteiger partial charge is 0.368 e. The fraction of sp³-hybridized carbons (Fsp3) is 0.300. The summed E-state index contributed by atoms with van der Waals surface area (Å²) in [6.07, 6.45) is 0. The van der Waals surface area contributed by atoms with E-state index < -0.39 is 0 Å². The second-order valence-corrected chi connectivity index (χ2v) is 7.02. The quantitative estimate of drug-likeness (QED) is 0.584. The average Bonchev–Trinajstić information content (AvgIpc) is 3.20. The Bertz CT molecular complexity index is 996. The maximum absolute atomic E-state index is 4.56. The number of fused-ring (bicyclic) bond motifs is 2. The number of H-pyrrole nitrogens is 2. The van der Waals surface area contributed by atoms with Crippen LogP contribution in [0.1, 0.15) is 11.6 Å². The van der Waals surface area contributed by atoms with E-state index in [0.717, 1.165) is 59.9 Å². The molecule has 2 N–H and O–H groups in total. The summed E-state index contributed by atoms with van der Waals surface area (Å²) in [6.45, 7) is 8.02. The van der Waals surface area contributed by atoms with Crippen molar-refractivity contribution < 1.29 is 0 Å². The molecule has 5 rings (SSSR count). The fourth-order valence-electron chi connectivity index (χ4n) is 3.86. The number of nitrogens with one attached hydrogen (secondary N) is 2.